The number of carbonyl (C=O) groups is 3. The first-order chi connectivity index (χ1) is 9.58. The van der Waals surface area contributed by atoms with Gasteiger partial charge in [-0.1, -0.05) is 6.07 Å². The van der Waals surface area contributed by atoms with E-state index < -0.39 is 18.0 Å². The monoisotopic (exact) mass is 298 g/mol. The summed E-state index contributed by atoms with van der Waals surface area (Å²) >= 11 is 1.29. The number of aliphatic carboxylic acids is 1. The molecule has 0 aliphatic rings. The van der Waals surface area contributed by atoms with E-state index in [4.69, 9.17) is 5.11 Å². The molecule has 0 spiro atoms. The van der Waals surface area contributed by atoms with Crippen LogP contribution in [0.15, 0.2) is 18.2 Å². The third-order valence-electron chi connectivity index (χ3n) is 2.30. The number of pyridine rings is 1. The van der Waals surface area contributed by atoms with Crippen LogP contribution in [0.2, 0.25) is 0 Å². The van der Waals surface area contributed by atoms with Gasteiger partial charge >= 0.3 is 11.9 Å². The summed E-state index contributed by atoms with van der Waals surface area (Å²) in [7, 11) is 1.27. The molecule has 0 bridgehead atoms. The third-order valence-corrected chi connectivity index (χ3v) is 3.37. The Balaban J connectivity index is 2.55. The molecule has 0 saturated heterocycles. The zero-order valence-electron chi connectivity index (χ0n) is 10.7. The lowest BCUT2D eigenvalue weighted by Crippen LogP contribution is -2.37. The minimum absolute atomic E-state index is 0.200. The van der Waals surface area contributed by atoms with Gasteiger partial charge in [0.05, 0.1) is 12.8 Å². The number of rotatable bonds is 8. The number of thioether (sulfide) groups is 1. The quantitative estimate of drug-likeness (QED) is 0.525. The van der Waals surface area contributed by atoms with Crippen LogP contribution in [-0.2, 0) is 20.1 Å². The van der Waals surface area contributed by atoms with Gasteiger partial charge in [0.25, 0.3) is 0 Å². The lowest BCUT2D eigenvalue weighted by Gasteiger charge is -2.10. The Morgan fingerprint density at radius 3 is 2.90 bits per heavy atom. The van der Waals surface area contributed by atoms with E-state index in [2.05, 4.69) is 15.0 Å². The van der Waals surface area contributed by atoms with Gasteiger partial charge in [0.2, 0.25) is 6.41 Å². The van der Waals surface area contributed by atoms with Gasteiger partial charge in [0.1, 0.15) is 11.7 Å². The predicted octanol–water partition coefficient (Wildman–Crippen LogP) is 0.301. The second kappa shape index (κ2) is 8.16. The maximum atomic E-state index is 11.3. The van der Waals surface area contributed by atoms with Crippen molar-refractivity contribution in [3.63, 3.8) is 0 Å². The van der Waals surface area contributed by atoms with Gasteiger partial charge < -0.3 is 15.2 Å². The van der Waals surface area contributed by atoms with Crippen LogP contribution in [0.4, 0.5) is 0 Å². The number of hydrogen-bond acceptors (Lipinski definition) is 6. The fourth-order valence-corrected chi connectivity index (χ4v) is 2.29. The van der Waals surface area contributed by atoms with Crippen LogP contribution in [0, 0.1) is 0 Å². The van der Waals surface area contributed by atoms with E-state index in [1.54, 1.807) is 12.1 Å². The molecule has 1 aromatic heterocycles. The van der Waals surface area contributed by atoms with Crippen molar-refractivity contribution >= 4 is 30.1 Å². The SMILES string of the molecule is COC(=O)c1cccc(CSCC(NC=O)C(=O)O)n1. The molecule has 8 heteroatoms. The van der Waals surface area contributed by atoms with Crippen molar-refractivity contribution in [2.75, 3.05) is 12.9 Å². The molecule has 1 atom stereocenters. The molecule has 1 unspecified atom stereocenters. The van der Waals surface area contributed by atoms with Gasteiger partial charge in [-0.05, 0) is 12.1 Å². The molecule has 1 heterocycles. The number of nitrogens with one attached hydrogen (secondary N) is 1. The van der Waals surface area contributed by atoms with E-state index in [0.29, 0.717) is 17.9 Å². The van der Waals surface area contributed by atoms with Crippen molar-refractivity contribution < 1.29 is 24.2 Å². The Morgan fingerprint density at radius 2 is 2.30 bits per heavy atom. The number of amides is 1. The van der Waals surface area contributed by atoms with E-state index in [0.717, 1.165) is 0 Å². The fraction of sp³-hybridized carbons (Fsp3) is 0.333. The van der Waals surface area contributed by atoms with Crippen molar-refractivity contribution in [2.24, 2.45) is 0 Å². The van der Waals surface area contributed by atoms with Crippen LogP contribution < -0.4 is 5.32 Å². The first kappa shape index (κ1) is 16.0. The summed E-state index contributed by atoms with van der Waals surface area (Å²) < 4.78 is 4.56. The molecular weight excluding hydrogens is 284 g/mol. The summed E-state index contributed by atoms with van der Waals surface area (Å²) in [5.74, 6) is -0.989. The number of nitrogens with zero attached hydrogens (tertiary/aromatic N) is 1. The zero-order valence-corrected chi connectivity index (χ0v) is 11.6. The van der Waals surface area contributed by atoms with Crippen LogP contribution in [0.25, 0.3) is 0 Å². The summed E-state index contributed by atoms with van der Waals surface area (Å²) in [5.41, 5.74) is 0.833. The van der Waals surface area contributed by atoms with Crippen LogP contribution in [0.1, 0.15) is 16.2 Å². The molecule has 0 aliphatic carbocycles. The number of carboxylic acids is 1. The third kappa shape index (κ3) is 4.88. The molecule has 0 radical (unpaired) electrons. The van der Waals surface area contributed by atoms with Crippen LogP contribution in [-0.4, -0.2) is 47.3 Å². The topological polar surface area (TPSA) is 106 Å². The Hall–Kier alpha value is -2.09. The number of esters is 1. The van der Waals surface area contributed by atoms with Crippen molar-refractivity contribution in [1.29, 1.82) is 0 Å². The van der Waals surface area contributed by atoms with Gasteiger partial charge in [-0.15, -0.1) is 0 Å². The zero-order chi connectivity index (χ0) is 15.0. The van der Waals surface area contributed by atoms with Crippen LogP contribution in [0.3, 0.4) is 0 Å². The summed E-state index contributed by atoms with van der Waals surface area (Å²) in [6, 6.07) is 3.99. The van der Waals surface area contributed by atoms with E-state index >= 15 is 0 Å². The minimum Gasteiger partial charge on any atom is -0.480 e. The molecule has 1 aromatic rings. The Morgan fingerprint density at radius 1 is 1.55 bits per heavy atom. The lowest BCUT2D eigenvalue weighted by molar-refractivity contribution is -0.139. The highest BCUT2D eigenvalue weighted by molar-refractivity contribution is 7.98. The van der Waals surface area contributed by atoms with Crippen molar-refractivity contribution in [1.82, 2.24) is 10.3 Å². The van der Waals surface area contributed by atoms with Gasteiger partial charge in [-0.3, -0.25) is 4.79 Å². The van der Waals surface area contributed by atoms with E-state index in [-0.39, 0.29) is 11.4 Å². The summed E-state index contributed by atoms with van der Waals surface area (Å²) in [6.45, 7) is 0. The molecule has 20 heavy (non-hydrogen) atoms. The standard InChI is InChI=1S/C12H14N2O5S/c1-19-12(18)9-4-2-3-8(14-9)5-20-6-10(11(16)17)13-7-15/h2-4,7,10H,5-6H2,1H3,(H,13,15)(H,16,17). The van der Waals surface area contributed by atoms with Crippen LogP contribution >= 0.6 is 11.8 Å². The number of ether oxygens (including phenoxy) is 1. The average molecular weight is 298 g/mol. The molecule has 2 N–H and O–H groups in total. The number of carbonyl (C=O) groups excluding carboxylic acids is 2. The average Bonchev–Trinajstić information content (AvgIpc) is 2.45. The fourth-order valence-electron chi connectivity index (χ4n) is 1.33. The molecule has 7 nitrogen and oxygen atoms in total. The molecule has 0 aromatic carbocycles. The minimum atomic E-state index is -1.10. The van der Waals surface area contributed by atoms with E-state index in [1.165, 1.54) is 24.9 Å². The van der Waals surface area contributed by atoms with Gasteiger partial charge in [-0.25, -0.2) is 14.6 Å². The second-order valence-corrected chi connectivity index (χ2v) is 4.73. The number of methoxy groups -OCH3 is 1. The highest BCUT2D eigenvalue weighted by Crippen LogP contribution is 2.12. The largest absolute Gasteiger partial charge is 0.480 e. The molecular formula is C12H14N2O5S. The smallest absolute Gasteiger partial charge is 0.356 e. The Kier molecular flexibility index (Phi) is 6.51. The molecule has 0 saturated carbocycles. The van der Waals surface area contributed by atoms with Gasteiger partial charge in [0.15, 0.2) is 0 Å². The first-order valence-electron chi connectivity index (χ1n) is 5.63. The maximum absolute atomic E-state index is 11.3. The van der Waals surface area contributed by atoms with Gasteiger partial charge in [-0.2, -0.15) is 11.8 Å². The molecule has 0 fully saturated rings. The van der Waals surface area contributed by atoms with Gasteiger partial charge in [0, 0.05) is 11.5 Å². The van der Waals surface area contributed by atoms with E-state index in [9.17, 15) is 14.4 Å². The summed E-state index contributed by atoms with van der Waals surface area (Å²) in [6.07, 6.45) is 0.357. The summed E-state index contributed by atoms with van der Waals surface area (Å²) in [5, 5.41) is 11.1. The number of carboxylic acid groups (broad SMARTS) is 1. The molecule has 108 valence electrons. The molecule has 0 aliphatic heterocycles. The second-order valence-electron chi connectivity index (χ2n) is 3.70. The molecule has 1 rings (SSSR count). The number of aromatic nitrogens is 1. The van der Waals surface area contributed by atoms with Crippen molar-refractivity contribution in [2.45, 2.75) is 11.8 Å². The lowest BCUT2D eigenvalue weighted by atomic mass is 10.3. The normalized spacial score (nSPS) is 11.4. The summed E-state index contributed by atoms with van der Waals surface area (Å²) in [4.78, 5) is 36.5. The first-order valence-corrected chi connectivity index (χ1v) is 6.78. The maximum Gasteiger partial charge on any atom is 0.356 e. The van der Waals surface area contributed by atoms with Crippen molar-refractivity contribution in [3.8, 4) is 0 Å². The Bertz CT molecular complexity index is 494. The Labute approximate surface area is 119 Å². The van der Waals surface area contributed by atoms with E-state index in [1.807, 2.05) is 0 Å². The number of hydrogen-bond donors (Lipinski definition) is 2. The highest BCUT2D eigenvalue weighted by atomic mass is 32.2. The van der Waals surface area contributed by atoms with Crippen molar-refractivity contribution in [3.05, 3.63) is 29.6 Å². The van der Waals surface area contributed by atoms with Crippen LogP contribution in [0.5, 0.6) is 0 Å². The predicted molar refractivity (Wildman–Crippen MR) is 72.4 cm³/mol. The molecule has 1 amide bonds. The highest BCUT2D eigenvalue weighted by Gasteiger charge is 2.16.